The zero-order valence-corrected chi connectivity index (χ0v) is 15.0. The fourth-order valence-electron chi connectivity index (χ4n) is 2.80. The number of halogens is 3. The minimum atomic E-state index is -4.57. The van der Waals surface area contributed by atoms with Gasteiger partial charge in [-0.2, -0.15) is 13.2 Å². The predicted molar refractivity (Wildman–Crippen MR) is 94.8 cm³/mol. The van der Waals surface area contributed by atoms with Crippen LogP contribution < -0.4 is 5.56 Å². The number of benzene rings is 1. The highest BCUT2D eigenvalue weighted by Gasteiger charge is 2.31. The highest BCUT2D eigenvalue weighted by Crippen LogP contribution is 2.33. The first-order valence-corrected chi connectivity index (χ1v) is 8.45. The predicted octanol–water partition coefficient (Wildman–Crippen LogP) is 3.93. The van der Waals surface area contributed by atoms with E-state index in [0.717, 1.165) is 22.3 Å². The van der Waals surface area contributed by atoms with Crippen molar-refractivity contribution in [3.05, 3.63) is 76.2 Å². The van der Waals surface area contributed by atoms with E-state index < -0.39 is 17.3 Å². The van der Waals surface area contributed by atoms with E-state index in [1.807, 2.05) is 30.3 Å². The van der Waals surface area contributed by atoms with Crippen molar-refractivity contribution in [1.82, 2.24) is 19.9 Å². The van der Waals surface area contributed by atoms with Gasteiger partial charge in [-0.15, -0.1) is 10.2 Å². The van der Waals surface area contributed by atoms with Crippen molar-refractivity contribution in [3.8, 4) is 22.7 Å². The number of pyridine rings is 1. The Morgan fingerprint density at radius 1 is 1.07 bits per heavy atom. The van der Waals surface area contributed by atoms with Gasteiger partial charge in [-0.25, -0.2) is 0 Å². The number of aromatic nitrogens is 4. The summed E-state index contributed by atoms with van der Waals surface area (Å²) in [6.45, 7) is 1.37. The van der Waals surface area contributed by atoms with Crippen LogP contribution in [-0.2, 0) is 12.7 Å². The van der Waals surface area contributed by atoms with Gasteiger partial charge in [0.2, 0.25) is 5.89 Å². The van der Waals surface area contributed by atoms with E-state index in [0.29, 0.717) is 23.2 Å². The molecule has 0 aliphatic heterocycles. The largest absolute Gasteiger partial charge is 0.419 e. The van der Waals surface area contributed by atoms with Crippen molar-refractivity contribution >= 4 is 0 Å². The van der Waals surface area contributed by atoms with E-state index in [-0.39, 0.29) is 18.3 Å². The number of hydrogen-bond donors (Lipinski definition) is 0. The highest BCUT2D eigenvalue weighted by atomic mass is 19.4. The summed E-state index contributed by atoms with van der Waals surface area (Å²) in [5, 5.41) is 11.8. The standard InChI is InChI=1S/C19H13F3N4O3/c1-11-16(17(25-29-11)12-5-3-2-4-6-12)18-24-23-14(28-18)10-26-9-13(19(20,21)22)7-8-15(26)27/h2-9H,10H2,1H3. The molecule has 0 unspecified atom stereocenters. The first kappa shape index (κ1) is 18.7. The van der Waals surface area contributed by atoms with Gasteiger partial charge in [-0.05, 0) is 13.0 Å². The Morgan fingerprint density at radius 2 is 1.83 bits per heavy atom. The van der Waals surface area contributed by atoms with Gasteiger partial charge in [-0.1, -0.05) is 35.5 Å². The van der Waals surface area contributed by atoms with E-state index >= 15 is 0 Å². The lowest BCUT2D eigenvalue weighted by molar-refractivity contribution is -0.138. The SMILES string of the molecule is Cc1onc(-c2ccccc2)c1-c1nnc(Cn2cc(C(F)(F)F)ccc2=O)o1. The number of nitrogens with zero attached hydrogens (tertiary/aromatic N) is 4. The van der Waals surface area contributed by atoms with Gasteiger partial charge in [0.1, 0.15) is 23.6 Å². The van der Waals surface area contributed by atoms with Crippen LogP contribution in [0.2, 0.25) is 0 Å². The molecule has 0 radical (unpaired) electrons. The summed E-state index contributed by atoms with van der Waals surface area (Å²) in [7, 11) is 0. The lowest BCUT2D eigenvalue weighted by Gasteiger charge is -2.09. The maximum absolute atomic E-state index is 12.9. The topological polar surface area (TPSA) is 87.0 Å². The molecule has 1 aromatic carbocycles. The Kier molecular flexibility index (Phi) is 4.53. The second-order valence-corrected chi connectivity index (χ2v) is 6.21. The summed E-state index contributed by atoms with van der Waals surface area (Å²) in [4.78, 5) is 11.9. The van der Waals surface area contributed by atoms with Gasteiger partial charge >= 0.3 is 6.18 Å². The molecular formula is C19H13F3N4O3. The molecule has 3 heterocycles. The molecule has 10 heteroatoms. The van der Waals surface area contributed by atoms with Crippen LogP contribution in [0.15, 0.2) is 62.4 Å². The van der Waals surface area contributed by atoms with E-state index in [9.17, 15) is 18.0 Å². The van der Waals surface area contributed by atoms with Gasteiger partial charge < -0.3 is 13.5 Å². The van der Waals surface area contributed by atoms with Gasteiger partial charge in [0.05, 0.1) is 5.56 Å². The third-order valence-electron chi connectivity index (χ3n) is 4.21. The Hall–Kier alpha value is -3.69. The Balaban J connectivity index is 1.68. The van der Waals surface area contributed by atoms with Crippen molar-refractivity contribution in [1.29, 1.82) is 0 Å². The molecule has 0 amide bonds. The van der Waals surface area contributed by atoms with Crippen LogP contribution in [0.4, 0.5) is 13.2 Å². The van der Waals surface area contributed by atoms with Crippen LogP contribution in [-0.4, -0.2) is 19.9 Å². The molecule has 148 valence electrons. The molecule has 4 aromatic rings. The lowest BCUT2D eigenvalue weighted by atomic mass is 10.1. The molecular weight excluding hydrogens is 389 g/mol. The summed E-state index contributed by atoms with van der Waals surface area (Å²) in [5.41, 5.74) is 0.177. The summed E-state index contributed by atoms with van der Waals surface area (Å²) in [5.74, 6) is 0.508. The number of rotatable bonds is 4. The van der Waals surface area contributed by atoms with Crippen molar-refractivity contribution < 1.29 is 22.1 Å². The first-order valence-electron chi connectivity index (χ1n) is 8.45. The molecule has 4 rings (SSSR count). The van der Waals surface area contributed by atoms with Crippen LogP contribution in [0.5, 0.6) is 0 Å². The molecule has 0 saturated heterocycles. The Morgan fingerprint density at radius 3 is 2.55 bits per heavy atom. The van der Waals surface area contributed by atoms with Gasteiger partial charge in [0.25, 0.3) is 11.4 Å². The fourth-order valence-corrected chi connectivity index (χ4v) is 2.80. The van der Waals surface area contributed by atoms with Crippen LogP contribution in [0, 0.1) is 6.92 Å². The van der Waals surface area contributed by atoms with Crippen LogP contribution in [0.1, 0.15) is 17.2 Å². The van der Waals surface area contributed by atoms with Gasteiger partial charge in [-0.3, -0.25) is 4.79 Å². The zero-order valence-electron chi connectivity index (χ0n) is 15.0. The molecule has 0 atom stereocenters. The van der Waals surface area contributed by atoms with E-state index in [1.165, 1.54) is 0 Å². The average molecular weight is 402 g/mol. The second-order valence-electron chi connectivity index (χ2n) is 6.21. The van der Waals surface area contributed by atoms with Crippen molar-refractivity contribution in [2.24, 2.45) is 0 Å². The summed E-state index contributed by atoms with van der Waals surface area (Å²) in [6, 6.07) is 10.8. The van der Waals surface area contributed by atoms with Crippen LogP contribution >= 0.6 is 0 Å². The van der Waals surface area contributed by atoms with Gasteiger partial charge in [0, 0.05) is 17.8 Å². The first-order chi connectivity index (χ1) is 13.8. The van der Waals surface area contributed by atoms with Crippen molar-refractivity contribution in [2.75, 3.05) is 0 Å². The monoisotopic (exact) mass is 402 g/mol. The fraction of sp³-hybridized carbons (Fsp3) is 0.158. The number of hydrogen-bond acceptors (Lipinski definition) is 6. The Labute approximate surface area is 161 Å². The Bertz CT molecular complexity index is 1210. The highest BCUT2D eigenvalue weighted by molar-refractivity contribution is 5.77. The molecule has 7 nitrogen and oxygen atoms in total. The summed E-state index contributed by atoms with van der Waals surface area (Å²) < 4.78 is 50.4. The molecule has 0 aliphatic carbocycles. The third kappa shape index (κ3) is 3.68. The quantitative estimate of drug-likeness (QED) is 0.514. The minimum Gasteiger partial charge on any atom is -0.419 e. The normalized spacial score (nSPS) is 11.7. The maximum atomic E-state index is 12.9. The molecule has 0 aliphatic rings. The maximum Gasteiger partial charge on any atom is 0.417 e. The molecule has 3 aromatic heterocycles. The number of alkyl halides is 3. The smallest absolute Gasteiger partial charge is 0.417 e. The molecule has 0 fully saturated rings. The van der Waals surface area contributed by atoms with Gasteiger partial charge in [0.15, 0.2) is 0 Å². The summed E-state index contributed by atoms with van der Waals surface area (Å²) >= 11 is 0. The lowest BCUT2D eigenvalue weighted by Crippen LogP contribution is -2.22. The van der Waals surface area contributed by atoms with E-state index in [2.05, 4.69) is 15.4 Å². The molecule has 0 saturated carbocycles. The zero-order chi connectivity index (χ0) is 20.6. The summed E-state index contributed by atoms with van der Waals surface area (Å²) in [6.07, 6.45) is -3.86. The molecule has 0 N–H and O–H groups in total. The molecule has 0 spiro atoms. The van der Waals surface area contributed by atoms with Crippen molar-refractivity contribution in [3.63, 3.8) is 0 Å². The molecule has 0 bridgehead atoms. The second kappa shape index (κ2) is 7.04. The third-order valence-corrected chi connectivity index (χ3v) is 4.21. The minimum absolute atomic E-state index is 0.0268. The van der Waals surface area contributed by atoms with E-state index in [1.54, 1.807) is 6.92 Å². The van der Waals surface area contributed by atoms with E-state index in [4.69, 9.17) is 8.94 Å². The molecule has 29 heavy (non-hydrogen) atoms. The van der Waals surface area contributed by atoms with Crippen molar-refractivity contribution in [2.45, 2.75) is 19.6 Å². The average Bonchev–Trinajstić information content (AvgIpc) is 3.29. The van der Waals surface area contributed by atoms with Crippen LogP contribution in [0.3, 0.4) is 0 Å². The number of aryl methyl sites for hydroxylation is 1. The van der Waals surface area contributed by atoms with Crippen LogP contribution in [0.25, 0.3) is 22.7 Å².